The van der Waals surface area contributed by atoms with E-state index in [1.54, 1.807) is 12.1 Å². The zero-order valence-corrected chi connectivity index (χ0v) is 10.8. The molecule has 0 amide bonds. The number of Topliss-reactive ketones (excluding diaryl/α,β-unsaturated/α-hetero) is 1. The standard InChI is InChI=1S/C15H18O3/c1-3-15(4-2)8-7-10-9-11(14(17)18)5-6-12(10)13(15)16/h5-6,9H,3-4,7-8H2,1-2H3,(H,17,18)/p-1. The second kappa shape index (κ2) is 4.56. The molecule has 0 aliphatic heterocycles. The summed E-state index contributed by atoms with van der Waals surface area (Å²) in [6.45, 7) is 4.09. The van der Waals surface area contributed by atoms with Gasteiger partial charge in [-0.2, -0.15) is 0 Å². The number of aromatic carboxylic acids is 1. The van der Waals surface area contributed by atoms with Crippen LogP contribution in [0.1, 0.15) is 59.4 Å². The summed E-state index contributed by atoms with van der Waals surface area (Å²) in [5.41, 5.74) is 1.44. The van der Waals surface area contributed by atoms with Crippen LogP contribution in [0.5, 0.6) is 0 Å². The van der Waals surface area contributed by atoms with E-state index in [0.29, 0.717) is 5.56 Å². The monoisotopic (exact) mass is 245 g/mol. The maximum Gasteiger partial charge on any atom is 0.169 e. The molecule has 0 saturated carbocycles. The van der Waals surface area contributed by atoms with Crippen LogP contribution in [-0.2, 0) is 6.42 Å². The van der Waals surface area contributed by atoms with E-state index in [9.17, 15) is 14.7 Å². The number of hydrogen-bond acceptors (Lipinski definition) is 3. The largest absolute Gasteiger partial charge is 0.545 e. The molecule has 0 atom stereocenters. The van der Waals surface area contributed by atoms with Crippen LogP contribution in [0, 0.1) is 5.41 Å². The van der Waals surface area contributed by atoms with Crippen molar-refractivity contribution < 1.29 is 14.7 Å². The number of carbonyl (C=O) groups excluding carboxylic acids is 2. The van der Waals surface area contributed by atoms with Gasteiger partial charge in [0.05, 0.1) is 5.97 Å². The molecule has 0 spiro atoms. The maximum atomic E-state index is 12.5. The summed E-state index contributed by atoms with van der Waals surface area (Å²) in [7, 11) is 0. The first-order valence-electron chi connectivity index (χ1n) is 6.43. The van der Waals surface area contributed by atoms with Crippen LogP contribution < -0.4 is 5.11 Å². The minimum absolute atomic E-state index is 0.155. The molecule has 3 nitrogen and oxygen atoms in total. The minimum Gasteiger partial charge on any atom is -0.545 e. The maximum absolute atomic E-state index is 12.5. The Kier molecular flexibility index (Phi) is 3.24. The molecule has 0 saturated heterocycles. The Bertz CT molecular complexity index is 498. The molecule has 1 aliphatic carbocycles. The predicted molar refractivity (Wildman–Crippen MR) is 66.4 cm³/mol. The first-order valence-corrected chi connectivity index (χ1v) is 6.43. The van der Waals surface area contributed by atoms with Gasteiger partial charge < -0.3 is 9.90 Å². The molecule has 0 aromatic heterocycles. The molecule has 1 aromatic rings. The Morgan fingerprint density at radius 3 is 2.56 bits per heavy atom. The van der Waals surface area contributed by atoms with Gasteiger partial charge in [-0.15, -0.1) is 0 Å². The molecule has 2 rings (SSSR count). The second-order valence-electron chi connectivity index (χ2n) is 4.98. The van der Waals surface area contributed by atoms with Crippen LogP contribution in [0.4, 0.5) is 0 Å². The summed E-state index contributed by atoms with van der Waals surface area (Å²) in [6, 6.07) is 4.69. The van der Waals surface area contributed by atoms with Crippen molar-refractivity contribution in [3.63, 3.8) is 0 Å². The van der Waals surface area contributed by atoms with Crippen molar-refractivity contribution in [3.05, 3.63) is 34.9 Å². The third-order valence-corrected chi connectivity index (χ3v) is 4.29. The highest BCUT2D eigenvalue weighted by Gasteiger charge is 2.39. The number of fused-ring (bicyclic) bond motifs is 1. The van der Waals surface area contributed by atoms with E-state index in [4.69, 9.17) is 0 Å². The van der Waals surface area contributed by atoms with Crippen molar-refractivity contribution in [3.8, 4) is 0 Å². The number of benzene rings is 1. The molecule has 3 heteroatoms. The average molecular weight is 245 g/mol. The van der Waals surface area contributed by atoms with Crippen molar-refractivity contribution in [1.82, 2.24) is 0 Å². The highest BCUT2D eigenvalue weighted by atomic mass is 16.4. The van der Waals surface area contributed by atoms with Crippen LogP contribution in [0.25, 0.3) is 0 Å². The molecule has 0 fully saturated rings. The fraction of sp³-hybridized carbons (Fsp3) is 0.467. The smallest absolute Gasteiger partial charge is 0.169 e. The van der Waals surface area contributed by atoms with E-state index in [1.807, 2.05) is 13.8 Å². The Labute approximate surface area is 107 Å². The average Bonchev–Trinajstić information content (AvgIpc) is 2.39. The number of ketones is 1. The predicted octanol–water partition coefficient (Wildman–Crippen LogP) is 1.99. The first kappa shape index (κ1) is 12.8. The second-order valence-corrected chi connectivity index (χ2v) is 4.98. The molecule has 1 aromatic carbocycles. The summed E-state index contributed by atoms with van der Waals surface area (Å²) in [4.78, 5) is 23.3. The number of hydrogen-bond donors (Lipinski definition) is 0. The Hall–Kier alpha value is -1.64. The van der Waals surface area contributed by atoms with E-state index in [-0.39, 0.29) is 16.8 Å². The number of carboxylic acids is 1. The van der Waals surface area contributed by atoms with Gasteiger partial charge in [-0.1, -0.05) is 26.0 Å². The van der Waals surface area contributed by atoms with E-state index in [0.717, 1.165) is 31.2 Å². The Balaban J connectivity index is 2.46. The van der Waals surface area contributed by atoms with Gasteiger partial charge in [-0.25, -0.2) is 0 Å². The van der Waals surface area contributed by atoms with E-state index < -0.39 is 5.97 Å². The third kappa shape index (κ3) is 1.84. The van der Waals surface area contributed by atoms with Gasteiger partial charge in [0.15, 0.2) is 5.78 Å². The molecule has 0 N–H and O–H groups in total. The van der Waals surface area contributed by atoms with Crippen molar-refractivity contribution in [2.45, 2.75) is 39.5 Å². The van der Waals surface area contributed by atoms with Gasteiger partial charge in [-0.05, 0) is 42.9 Å². The topological polar surface area (TPSA) is 57.2 Å². The summed E-state index contributed by atoms with van der Waals surface area (Å²) >= 11 is 0. The first-order chi connectivity index (χ1) is 8.54. The van der Waals surface area contributed by atoms with Gasteiger partial charge in [0, 0.05) is 11.0 Å². The van der Waals surface area contributed by atoms with E-state index >= 15 is 0 Å². The van der Waals surface area contributed by atoms with Crippen LogP contribution >= 0.6 is 0 Å². The van der Waals surface area contributed by atoms with Gasteiger partial charge in [0.1, 0.15) is 0 Å². The fourth-order valence-corrected chi connectivity index (χ4v) is 2.85. The lowest BCUT2D eigenvalue weighted by Gasteiger charge is -2.35. The van der Waals surface area contributed by atoms with E-state index in [2.05, 4.69) is 0 Å². The highest BCUT2D eigenvalue weighted by molar-refractivity contribution is 6.03. The van der Waals surface area contributed by atoms with Crippen molar-refractivity contribution in [2.24, 2.45) is 5.41 Å². The summed E-state index contributed by atoms with van der Waals surface area (Å²) in [5, 5.41) is 10.8. The molecular weight excluding hydrogens is 228 g/mol. The molecule has 96 valence electrons. The number of aryl methyl sites for hydroxylation is 1. The number of rotatable bonds is 3. The fourth-order valence-electron chi connectivity index (χ4n) is 2.85. The summed E-state index contributed by atoms with van der Waals surface area (Å²) < 4.78 is 0. The van der Waals surface area contributed by atoms with Gasteiger partial charge in [0.25, 0.3) is 0 Å². The van der Waals surface area contributed by atoms with Crippen molar-refractivity contribution in [1.29, 1.82) is 0 Å². The normalized spacial score (nSPS) is 17.3. The van der Waals surface area contributed by atoms with E-state index in [1.165, 1.54) is 6.07 Å². The Morgan fingerprint density at radius 2 is 2.00 bits per heavy atom. The molecule has 0 heterocycles. The third-order valence-electron chi connectivity index (χ3n) is 4.29. The molecule has 0 bridgehead atoms. The van der Waals surface area contributed by atoms with Crippen molar-refractivity contribution >= 4 is 11.8 Å². The van der Waals surface area contributed by atoms with Crippen LogP contribution in [0.2, 0.25) is 0 Å². The molecule has 0 radical (unpaired) electrons. The molecule has 18 heavy (non-hydrogen) atoms. The number of carbonyl (C=O) groups is 2. The molecule has 0 unspecified atom stereocenters. The van der Waals surface area contributed by atoms with Gasteiger partial charge >= 0.3 is 0 Å². The SMILES string of the molecule is CCC1(CC)CCc2cc(C(=O)[O-])ccc2C1=O. The molecule has 1 aliphatic rings. The summed E-state index contributed by atoms with van der Waals surface area (Å²) in [6.07, 6.45) is 3.25. The lowest BCUT2D eigenvalue weighted by Crippen LogP contribution is -2.35. The number of carboxylic acid groups (broad SMARTS) is 1. The highest BCUT2D eigenvalue weighted by Crippen LogP contribution is 2.40. The zero-order chi connectivity index (χ0) is 13.3. The Morgan fingerprint density at radius 1 is 1.33 bits per heavy atom. The zero-order valence-electron chi connectivity index (χ0n) is 10.8. The van der Waals surface area contributed by atoms with Gasteiger partial charge in [0.2, 0.25) is 0 Å². The summed E-state index contributed by atoms with van der Waals surface area (Å²) in [5.74, 6) is -1.02. The quantitative estimate of drug-likeness (QED) is 0.818. The lowest BCUT2D eigenvalue weighted by molar-refractivity contribution is -0.255. The van der Waals surface area contributed by atoms with Crippen LogP contribution in [0.15, 0.2) is 18.2 Å². The van der Waals surface area contributed by atoms with Crippen LogP contribution in [0.3, 0.4) is 0 Å². The molecular formula is C15H17O3-. The lowest BCUT2D eigenvalue weighted by atomic mass is 9.67. The van der Waals surface area contributed by atoms with Gasteiger partial charge in [-0.3, -0.25) is 4.79 Å². The van der Waals surface area contributed by atoms with Crippen molar-refractivity contribution in [2.75, 3.05) is 0 Å². The minimum atomic E-state index is -1.19. The van der Waals surface area contributed by atoms with Crippen LogP contribution in [-0.4, -0.2) is 11.8 Å².